The van der Waals surface area contributed by atoms with Crippen molar-refractivity contribution >= 4 is 18.2 Å². The van der Waals surface area contributed by atoms with Crippen LogP contribution in [0.5, 0.6) is 0 Å². The molecule has 0 spiro atoms. The summed E-state index contributed by atoms with van der Waals surface area (Å²) in [5.41, 5.74) is 6.05. The molecule has 7 nitrogen and oxygen atoms in total. The van der Waals surface area contributed by atoms with Gasteiger partial charge in [0.05, 0.1) is 19.4 Å². The molecule has 0 unspecified atom stereocenters. The van der Waals surface area contributed by atoms with Gasteiger partial charge in [0.15, 0.2) is 5.60 Å². The van der Waals surface area contributed by atoms with E-state index in [9.17, 15) is 4.79 Å². The van der Waals surface area contributed by atoms with Gasteiger partial charge in [0.2, 0.25) is 0 Å². The van der Waals surface area contributed by atoms with Gasteiger partial charge in [-0.05, 0) is 40.0 Å². The highest BCUT2D eigenvalue weighted by Gasteiger charge is 2.38. The van der Waals surface area contributed by atoms with Crippen LogP contribution < -0.4 is 5.48 Å². The van der Waals surface area contributed by atoms with Crippen LogP contribution in [-0.4, -0.2) is 56.5 Å². The van der Waals surface area contributed by atoms with Crippen molar-refractivity contribution in [2.75, 3.05) is 39.5 Å². The van der Waals surface area contributed by atoms with Crippen LogP contribution in [0.4, 0.5) is 0 Å². The fourth-order valence-electron chi connectivity index (χ4n) is 4.92. The van der Waals surface area contributed by atoms with E-state index in [0.717, 1.165) is 60.7 Å². The summed E-state index contributed by atoms with van der Waals surface area (Å²) in [5, 5.41) is 4.10. The predicted molar refractivity (Wildman–Crippen MR) is 165 cm³/mol. The molecule has 1 N–H and O–H groups in total. The SMILES string of the molecule is O=C(C=Cc1cccc(C=NOCCN2CCOCC2)c1)NOC(c1ccccc1)(c1ccccc1)c1ccccc1. The quantitative estimate of drug-likeness (QED) is 0.0822. The van der Waals surface area contributed by atoms with Gasteiger partial charge in [-0.25, -0.2) is 5.48 Å². The molecule has 7 heteroatoms. The van der Waals surface area contributed by atoms with E-state index in [2.05, 4.69) is 15.5 Å². The average molecular weight is 562 g/mol. The number of morpholine rings is 1. The van der Waals surface area contributed by atoms with E-state index in [1.54, 1.807) is 12.3 Å². The minimum atomic E-state index is -1.05. The van der Waals surface area contributed by atoms with Crippen LogP contribution in [0.1, 0.15) is 27.8 Å². The van der Waals surface area contributed by atoms with Crippen LogP contribution in [-0.2, 0) is 24.8 Å². The van der Waals surface area contributed by atoms with Crippen molar-refractivity contribution in [3.63, 3.8) is 0 Å². The first-order valence-corrected chi connectivity index (χ1v) is 14.1. The van der Waals surface area contributed by atoms with Gasteiger partial charge in [-0.15, -0.1) is 0 Å². The van der Waals surface area contributed by atoms with E-state index in [1.165, 1.54) is 6.08 Å². The van der Waals surface area contributed by atoms with Crippen molar-refractivity contribution in [3.8, 4) is 0 Å². The molecule has 0 aromatic heterocycles. The zero-order chi connectivity index (χ0) is 28.9. The smallest absolute Gasteiger partial charge is 0.267 e. The number of nitrogens with one attached hydrogen (secondary N) is 1. The number of hydroxylamine groups is 1. The number of oxime groups is 1. The van der Waals surface area contributed by atoms with Gasteiger partial charge in [-0.1, -0.05) is 114 Å². The summed E-state index contributed by atoms with van der Waals surface area (Å²) in [4.78, 5) is 27.2. The van der Waals surface area contributed by atoms with Crippen molar-refractivity contribution in [1.29, 1.82) is 0 Å². The third kappa shape index (κ3) is 7.59. The topological polar surface area (TPSA) is 72.4 Å². The van der Waals surface area contributed by atoms with Crippen LogP contribution >= 0.6 is 0 Å². The van der Waals surface area contributed by atoms with Gasteiger partial charge < -0.3 is 9.57 Å². The number of ether oxygens (including phenoxy) is 1. The summed E-state index contributed by atoms with van der Waals surface area (Å²) in [6.07, 6.45) is 4.87. The standard InChI is InChI=1S/C35H35N3O4/c39-34(20-19-29-11-10-12-30(27-29)28-36-41-26-23-38-21-24-40-25-22-38)37-42-35(31-13-4-1-5-14-31,32-15-6-2-7-16-32)33-17-8-3-9-18-33/h1-20,27-28H,21-26H2,(H,37,39). The van der Waals surface area contributed by atoms with Crippen LogP contribution in [0.2, 0.25) is 0 Å². The molecule has 0 aliphatic carbocycles. The van der Waals surface area contributed by atoms with Gasteiger partial charge in [-0.2, -0.15) is 0 Å². The molecule has 1 saturated heterocycles. The van der Waals surface area contributed by atoms with Gasteiger partial charge in [0.1, 0.15) is 6.61 Å². The van der Waals surface area contributed by atoms with Crippen molar-refractivity contribution < 1.29 is 19.2 Å². The van der Waals surface area contributed by atoms with E-state index in [-0.39, 0.29) is 5.91 Å². The molecule has 0 radical (unpaired) electrons. The molecule has 1 fully saturated rings. The van der Waals surface area contributed by atoms with Crippen molar-refractivity contribution in [3.05, 3.63) is 149 Å². The second-order valence-electron chi connectivity index (χ2n) is 9.87. The highest BCUT2D eigenvalue weighted by molar-refractivity contribution is 5.91. The molecule has 4 aromatic rings. The Kier molecular flexibility index (Phi) is 10.3. The number of benzene rings is 4. The number of hydrogen-bond donors (Lipinski definition) is 1. The van der Waals surface area contributed by atoms with Crippen molar-refractivity contribution in [2.24, 2.45) is 5.16 Å². The fourth-order valence-corrected chi connectivity index (χ4v) is 4.92. The molecule has 5 rings (SSSR count). The van der Waals surface area contributed by atoms with Gasteiger partial charge in [-0.3, -0.25) is 14.5 Å². The van der Waals surface area contributed by atoms with Gasteiger partial charge in [0.25, 0.3) is 5.91 Å². The molecular weight excluding hydrogens is 526 g/mol. The van der Waals surface area contributed by atoms with Gasteiger partial charge >= 0.3 is 0 Å². The lowest BCUT2D eigenvalue weighted by Gasteiger charge is -2.34. The number of rotatable bonds is 12. The number of amides is 1. The van der Waals surface area contributed by atoms with E-state index >= 15 is 0 Å². The molecule has 0 saturated carbocycles. The molecular formula is C35H35N3O4. The molecule has 1 heterocycles. The largest absolute Gasteiger partial charge is 0.394 e. The van der Waals surface area contributed by atoms with Crippen LogP contribution in [0, 0.1) is 0 Å². The maximum Gasteiger partial charge on any atom is 0.267 e. The van der Waals surface area contributed by atoms with E-state index < -0.39 is 5.60 Å². The average Bonchev–Trinajstić information content (AvgIpc) is 3.06. The molecule has 214 valence electrons. The Morgan fingerprint density at radius 1 is 0.810 bits per heavy atom. The zero-order valence-corrected chi connectivity index (χ0v) is 23.5. The zero-order valence-electron chi connectivity index (χ0n) is 23.5. The minimum absolute atomic E-state index is 0.382. The predicted octanol–water partition coefficient (Wildman–Crippen LogP) is 5.42. The highest BCUT2D eigenvalue weighted by Crippen LogP contribution is 2.39. The maximum absolute atomic E-state index is 13.0. The van der Waals surface area contributed by atoms with Crippen molar-refractivity contribution in [2.45, 2.75) is 5.60 Å². The minimum Gasteiger partial charge on any atom is -0.394 e. The molecule has 1 aliphatic heterocycles. The molecule has 1 aliphatic rings. The Balaban J connectivity index is 1.25. The molecule has 4 aromatic carbocycles. The van der Waals surface area contributed by atoms with E-state index in [4.69, 9.17) is 14.4 Å². The Hall–Kier alpha value is -4.56. The number of carbonyl (C=O) groups excluding carboxylic acids is 1. The third-order valence-corrected chi connectivity index (χ3v) is 7.06. The first-order valence-electron chi connectivity index (χ1n) is 14.1. The Morgan fingerprint density at radius 3 is 1.98 bits per heavy atom. The van der Waals surface area contributed by atoms with Gasteiger partial charge in [0, 0.05) is 25.7 Å². The molecule has 0 atom stereocenters. The van der Waals surface area contributed by atoms with Crippen molar-refractivity contribution in [1.82, 2.24) is 10.4 Å². The molecule has 1 amide bonds. The number of hydrogen-bond acceptors (Lipinski definition) is 6. The Bertz CT molecular complexity index is 1360. The lowest BCUT2D eigenvalue weighted by molar-refractivity contribution is -0.138. The first-order chi connectivity index (χ1) is 20.7. The molecule has 0 bridgehead atoms. The summed E-state index contributed by atoms with van der Waals surface area (Å²) < 4.78 is 5.36. The highest BCUT2D eigenvalue weighted by atomic mass is 16.7. The summed E-state index contributed by atoms with van der Waals surface area (Å²) in [7, 11) is 0. The van der Waals surface area contributed by atoms with E-state index in [1.807, 2.05) is 115 Å². The monoisotopic (exact) mass is 561 g/mol. The Morgan fingerprint density at radius 2 is 1.38 bits per heavy atom. The van der Waals surface area contributed by atoms with Crippen LogP contribution in [0.25, 0.3) is 6.08 Å². The van der Waals surface area contributed by atoms with Crippen LogP contribution in [0.3, 0.4) is 0 Å². The first kappa shape index (κ1) is 29.0. The summed E-state index contributed by atoms with van der Waals surface area (Å²) >= 11 is 0. The van der Waals surface area contributed by atoms with E-state index in [0.29, 0.717) is 6.61 Å². The Labute approximate surface area is 247 Å². The summed E-state index contributed by atoms with van der Waals surface area (Å²) in [5.74, 6) is -0.382. The number of carbonyl (C=O) groups is 1. The summed E-state index contributed by atoms with van der Waals surface area (Å²) in [6.45, 7) is 4.72. The van der Waals surface area contributed by atoms with Crippen LogP contribution in [0.15, 0.2) is 126 Å². The second-order valence-corrected chi connectivity index (χ2v) is 9.87. The fraction of sp³-hybridized carbons (Fsp3) is 0.200. The molecule has 42 heavy (non-hydrogen) atoms. The maximum atomic E-state index is 13.0. The second kappa shape index (κ2) is 14.9. The normalized spacial score (nSPS) is 14.3. The third-order valence-electron chi connectivity index (χ3n) is 7.06. The lowest BCUT2D eigenvalue weighted by atomic mass is 9.80. The summed E-state index contributed by atoms with van der Waals surface area (Å²) in [6, 6.07) is 37.4. The lowest BCUT2D eigenvalue weighted by Crippen LogP contribution is -2.40. The number of nitrogens with zero attached hydrogens (tertiary/aromatic N) is 2.